The minimum Gasteiger partial charge on any atom is -0.354 e. The van der Waals surface area contributed by atoms with Crippen LogP contribution in [0.1, 0.15) is 45.2 Å². The van der Waals surface area contributed by atoms with E-state index >= 15 is 0 Å². The number of H-pyrrole nitrogens is 1. The Morgan fingerprint density at radius 1 is 1.19 bits per heavy atom. The lowest BCUT2D eigenvalue weighted by Gasteiger charge is -2.16. The quantitative estimate of drug-likeness (QED) is 0.590. The van der Waals surface area contributed by atoms with Gasteiger partial charge in [0, 0.05) is 38.0 Å². The van der Waals surface area contributed by atoms with Gasteiger partial charge < -0.3 is 10.6 Å². The largest absolute Gasteiger partial charge is 0.354 e. The summed E-state index contributed by atoms with van der Waals surface area (Å²) in [5.74, 6) is -0.611. The lowest BCUT2D eigenvalue weighted by atomic mass is 10.1. The van der Waals surface area contributed by atoms with E-state index in [1.165, 1.54) is 13.1 Å². The smallest absolute Gasteiger partial charge is 0.271 e. The first-order valence-electron chi connectivity index (χ1n) is 8.73. The first-order valence-corrected chi connectivity index (χ1v) is 8.73. The average Bonchev–Trinajstić information content (AvgIpc) is 3.37. The fourth-order valence-corrected chi connectivity index (χ4v) is 2.80. The van der Waals surface area contributed by atoms with Crippen LogP contribution in [-0.2, 0) is 6.42 Å². The number of aromatic amines is 1. The normalized spacial score (nSPS) is 11.8. The summed E-state index contributed by atoms with van der Waals surface area (Å²) in [5, 5.41) is 16.5. The summed E-state index contributed by atoms with van der Waals surface area (Å²) in [6, 6.07) is 12.9. The van der Waals surface area contributed by atoms with Crippen molar-refractivity contribution in [3.05, 3.63) is 71.3 Å². The molecule has 2 heterocycles. The Hall–Kier alpha value is -3.42. The Balaban J connectivity index is 1.82. The zero-order valence-corrected chi connectivity index (χ0v) is 15.3. The molecule has 0 aliphatic rings. The summed E-state index contributed by atoms with van der Waals surface area (Å²) in [6.45, 7) is 2.39. The van der Waals surface area contributed by atoms with Gasteiger partial charge in [0.05, 0.1) is 6.04 Å². The first-order chi connectivity index (χ1) is 13.1. The van der Waals surface area contributed by atoms with Crippen LogP contribution >= 0.6 is 0 Å². The summed E-state index contributed by atoms with van der Waals surface area (Å²) in [7, 11) is 1.53. The standard InChI is InChI=1S/C19H22N6O2/c1-13(14-6-4-3-5-7-14)25-17(12-16(24-25)18(26)20-2)19(27)21-10-8-15-9-11-22-23-15/h3-7,9,11-13H,8,10H2,1-2H3,(H,20,26)(H,21,27)(H,22,23). The fraction of sp³-hybridized carbons (Fsp3) is 0.263. The number of benzene rings is 1. The van der Waals surface area contributed by atoms with Crippen LogP contribution in [0.4, 0.5) is 0 Å². The highest BCUT2D eigenvalue weighted by molar-refractivity contribution is 5.97. The van der Waals surface area contributed by atoms with Gasteiger partial charge in [-0.2, -0.15) is 10.2 Å². The maximum atomic E-state index is 12.7. The van der Waals surface area contributed by atoms with E-state index in [4.69, 9.17) is 0 Å². The zero-order chi connectivity index (χ0) is 19.2. The van der Waals surface area contributed by atoms with Crippen molar-refractivity contribution in [2.45, 2.75) is 19.4 Å². The third-order valence-electron chi connectivity index (χ3n) is 4.32. The molecule has 2 amide bonds. The van der Waals surface area contributed by atoms with Crippen molar-refractivity contribution >= 4 is 11.8 Å². The van der Waals surface area contributed by atoms with Crippen LogP contribution in [0.2, 0.25) is 0 Å². The molecule has 3 N–H and O–H groups in total. The lowest BCUT2D eigenvalue weighted by molar-refractivity contribution is 0.0938. The third kappa shape index (κ3) is 4.22. The molecule has 0 fully saturated rings. The van der Waals surface area contributed by atoms with Crippen molar-refractivity contribution in [1.82, 2.24) is 30.6 Å². The van der Waals surface area contributed by atoms with Gasteiger partial charge in [0.2, 0.25) is 0 Å². The van der Waals surface area contributed by atoms with E-state index in [1.807, 2.05) is 43.3 Å². The maximum absolute atomic E-state index is 12.7. The highest BCUT2D eigenvalue weighted by Gasteiger charge is 2.22. The molecular weight excluding hydrogens is 344 g/mol. The van der Waals surface area contributed by atoms with Gasteiger partial charge >= 0.3 is 0 Å². The summed E-state index contributed by atoms with van der Waals surface area (Å²) in [6.07, 6.45) is 2.31. The number of hydrogen-bond donors (Lipinski definition) is 3. The monoisotopic (exact) mass is 366 g/mol. The van der Waals surface area contributed by atoms with Gasteiger partial charge in [-0.05, 0) is 18.6 Å². The Morgan fingerprint density at radius 2 is 1.96 bits per heavy atom. The van der Waals surface area contributed by atoms with Crippen molar-refractivity contribution in [3.63, 3.8) is 0 Å². The number of nitrogens with zero attached hydrogens (tertiary/aromatic N) is 3. The third-order valence-corrected chi connectivity index (χ3v) is 4.32. The van der Waals surface area contributed by atoms with Crippen LogP contribution < -0.4 is 10.6 Å². The molecule has 0 spiro atoms. The van der Waals surface area contributed by atoms with E-state index in [9.17, 15) is 9.59 Å². The van der Waals surface area contributed by atoms with E-state index < -0.39 is 0 Å². The predicted molar refractivity (Wildman–Crippen MR) is 100 cm³/mol. The minimum atomic E-state index is -0.333. The van der Waals surface area contributed by atoms with Crippen molar-refractivity contribution in [2.75, 3.05) is 13.6 Å². The molecule has 3 rings (SSSR count). The van der Waals surface area contributed by atoms with E-state index in [0.29, 0.717) is 18.7 Å². The van der Waals surface area contributed by atoms with E-state index in [1.54, 1.807) is 10.9 Å². The molecule has 8 nitrogen and oxygen atoms in total. The Labute approximate surface area is 157 Å². The molecule has 1 atom stereocenters. The molecule has 0 aliphatic carbocycles. The highest BCUT2D eigenvalue weighted by atomic mass is 16.2. The van der Waals surface area contributed by atoms with Crippen LogP contribution in [0.15, 0.2) is 48.7 Å². The number of rotatable bonds is 7. The van der Waals surface area contributed by atoms with Gasteiger partial charge in [-0.15, -0.1) is 0 Å². The van der Waals surface area contributed by atoms with Crippen LogP contribution in [0, 0.1) is 0 Å². The number of carbonyl (C=O) groups is 2. The second-order valence-electron chi connectivity index (χ2n) is 6.11. The van der Waals surface area contributed by atoms with Crippen LogP contribution in [0.3, 0.4) is 0 Å². The molecule has 1 aromatic carbocycles. The molecule has 2 aromatic heterocycles. The molecule has 8 heteroatoms. The number of carbonyl (C=O) groups excluding carboxylic acids is 2. The van der Waals surface area contributed by atoms with Gasteiger partial charge in [0.15, 0.2) is 5.69 Å². The van der Waals surface area contributed by atoms with Crippen molar-refractivity contribution in [1.29, 1.82) is 0 Å². The summed E-state index contributed by atoms with van der Waals surface area (Å²) >= 11 is 0. The van der Waals surface area contributed by atoms with Crippen LogP contribution in [0.5, 0.6) is 0 Å². The molecule has 0 bridgehead atoms. The minimum absolute atomic E-state index is 0.196. The van der Waals surface area contributed by atoms with Gasteiger partial charge in [-0.3, -0.25) is 19.4 Å². The predicted octanol–water partition coefficient (Wildman–Crippen LogP) is 1.55. The average molecular weight is 366 g/mol. The number of hydrogen-bond acceptors (Lipinski definition) is 4. The molecule has 3 aromatic rings. The number of aromatic nitrogens is 4. The van der Waals surface area contributed by atoms with Gasteiger partial charge in [-0.1, -0.05) is 30.3 Å². The number of nitrogens with one attached hydrogen (secondary N) is 3. The molecular formula is C19H22N6O2. The Bertz CT molecular complexity index is 902. The fourth-order valence-electron chi connectivity index (χ4n) is 2.80. The lowest BCUT2D eigenvalue weighted by Crippen LogP contribution is -2.29. The molecule has 140 valence electrons. The van der Waals surface area contributed by atoms with E-state index in [-0.39, 0.29) is 23.6 Å². The van der Waals surface area contributed by atoms with Gasteiger partial charge in [0.25, 0.3) is 11.8 Å². The Morgan fingerprint density at radius 3 is 2.63 bits per heavy atom. The first kappa shape index (κ1) is 18.4. The van der Waals surface area contributed by atoms with Crippen molar-refractivity contribution in [2.24, 2.45) is 0 Å². The maximum Gasteiger partial charge on any atom is 0.271 e. The molecule has 1 unspecified atom stereocenters. The summed E-state index contributed by atoms with van der Waals surface area (Å²) in [4.78, 5) is 24.7. The van der Waals surface area contributed by atoms with E-state index in [0.717, 1.165) is 11.3 Å². The van der Waals surface area contributed by atoms with Gasteiger partial charge in [0.1, 0.15) is 5.69 Å². The van der Waals surface area contributed by atoms with Crippen LogP contribution in [0.25, 0.3) is 0 Å². The van der Waals surface area contributed by atoms with Crippen LogP contribution in [-0.4, -0.2) is 45.4 Å². The van der Waals surface area contributed by atoms with E-state index in [2.05, 4.69) is 25.9 Å². The van der Waals surface area contributed by atoms with Crippen molar-refractivity contribution < 1.29 is 9.59 Å². The van der Waals surface area contributed by atoms with Gasteiger partial charge in [-0.25, -0.2) is 0 Å². The van der Waals surface area contributed by atoms with Crippen molar-refractivity contribution in [3.8, 4) is 0 Å². The second kappa shape index (κ2) is 8.31. The summed E-state index contributed by atoms with van der Waals surface area (Å²) in [5.41, 5.74) is 2.48. The topological polar surface area (TPSA) is 105 Å². The Kier molecular flexibility index (Phi) is 5.65. The SMILES string of the molecule is CNC(=O)c1cc(C(=O)NCCc2ccn[nH]2)n(C(C)c2ccccc2)n1. The molecule has 27 heavy (non-hydrogen) atoms. The molecule has 0 saturated heterocycles. The molecule has 0 aliphatic heterocycles. The zero-order valence-electron chi connectivity index (χ0n) is 15.3. The molecule has 0 radical (unpaired) electrons. The highest BCUT2D eigenvalue weighted by Crippen LogP contribution is 2.20. The summed E-state index contributed by atoms with van der Waals surface area (Å²) < 4.78 is 1.59. The second-order valence-corrected chi connectivity index (χ2v) is 6.11. The number of amides is 2. The molecule has 0 saturated carbocycles.